The number of nitrogens with one attached hydrogen (secondary N) is 1. The molecule has 0 radical (unpaired) electrons. The number of aromatic nitrogens is 3. The van der Waals surface area contributed by atoms with E-state index in [0.29, 0.717) is 15.8 Å². The number of nitrogens with zero attached hydrogens (tertiary/aromatic N) is 3. The first-order valence-corrected chi connectivity index (χ1v) is 6.61. The molecule has 0 atom stereocenters. The number of ether oxygens (including phenoxy) is 1. The Morgan fingerprint density at radius 1 is 1.48 bits per heavy atom. The predicted octanol–water partition coefficient (Wildman–Crippen LogP) is 1.05. The Balaban J connectivity index is 2.01. The molecule has 9 heteroatoms. The maximum atomic E-state index is 11.9. The second kappa shape index (κ2) is 6.35. The van der Waals surface area contributed by atoms with Gasteiger partial charge in [-0.2, -0.15) is 0 Å². The fraction of sp³-hybridized carbons (Fsp3) is 0.167. The number of halogens is 1. The van der Waals surface area contributed by atoms with Crippen LogP contribution in [-0.2, 0) is 16.1 Å². The number of nitrogen functional groups attached to an aromatic ring is 1. The highest BCUT2D eigenvalue weighted by Crippen LogP contribution is 2.24. The summed E-state index contributed by atoms with van der Waals surface area (Å²) >= 11 is 3.30. The van der Waals surface area contributed by atoms with Gasteiger partial charge in [-0.1, -0.05) is 0 Å². The maximum absolute atomic E-state index is 11.9. The van der Waals surface area contributed by atoms with Gasteiger partial charge in [0, 0.05) is 10.2 Å². The van der Waals surface area contributed by atoms with Crippen molar-refractivity contribution < 1.29 is 14.3 Å². The molecule has 0 saturated heterocycles. The summed E-state index contributed by atoms with van der Waals surface area (Å²) in [6.45, 7) is -0.0825. The molecule has 0 unspecified atom stereocenters. The summed E-state index contributed by atoms with van der Waals surface area (Å²) in [6.07, 6.45) is 1.28. The Morgan fingerprint density at radius 2 is 2.24 bits per heavy atom. The number of benzene rings is 1. The van der Waals surface area contributed by atoms with Crippen LogP contribution in [0.4, 0.5) is 11.4 Å². The van der Waals surface area contributed by atoms with Gasteiger partial charge in [-0.3, -0.25) is 4.79 Å². The lowest BCUT2D eigenvalue weighted by atomic mass is 10.3. The van der Waals surface area contributed by atoms with Crippen LogP contribution < -0.4 is 11.1 Å². The number of anilines is 2. The predicted molar refractivity (Wildman–Crippen MR) is 78.5 cm³/mol. The van der Waals surface area contributed by atoms with Crippen LogP contribution in [-0.4, -0.2) is 33.8 Å². The highest BCUT2D eigenvalue weighted by atomic mass is 79.9. The van der Waals surface area contributed by atoms with Gasteiger partial charge in [0.25, 0.3) is 5.82 Å². The van der Waals surface area contributed by atoms with Crippen molar-refractivity contribution in [3.05, 3.63) is 34.8 Å². The van der Waals surface area contributed by atoms with Gasteiger partial charge in [0.15, 0.2) is 0 Å². The van der Waals surface area contributed by atoms with Gasteiger partial charge in [0.05, 0.1) is 12.8 Å². The molecule has 0 saturated carbocycles. The highest BCUT2D eigenvalue weighted by molar-refractivity contribution is 9.10. The quantitative estimate of drug-likeness (QED) is 0.627. The van der Waals surface area contributed by atoms with Gasteiger partial charge >= 0.3 is 5.97 Å². The molecule has 110 valence electrons. The van der Waals surface area contributed by atoms with Crippen LogP contribution in [0.2, 0.25) is 0 Å². The number of esters is 1. The van der Waals surface area contributed by atoms with E-state index in [4.69, 9.17) is 5.73 Å². The molecule has 0 bridgehead atoms. The normalized spacial score (nSPS) is 10.2. The van der Waals surface area contributed by atoms with E-state index in [1.165, 1.54) is 18.1 Å². The molecule has 1 aromatic heterocycles. The van der Waals surface area contributed by atoms with Crippen molar-refractivity contribution in [2.45, 2.75) is 6.54 Å². The van der Waals surface area contributed by atoms with Crippen molar-refractivity contribution >= 4 is 39.2 Å². The van der Waals surface area contributed by atoms with Crippen molar-refractivity contribution in [3.63, 3.8) is 0 Å². The fourth-order valence-corrected chi connectivity index (χ4v) is 2.02. The standard InChI is InChI=1S/C12H12BrN5O3/c1-21-12(20)11-15-6-18(17-11)5-10(19)16-9-3-2-7(14)4-8(9)13/h2-4,6H,5,14H2,1H3,(H,16,19). The third kappa shape index (κ3) is 3.78. The minimum Gasteiger partial charge on any atom is -0.463 e. The van der Waals surface area contributed by atoms with Crippen molar-refractivity contribution in [1.82, 2.24) is 14.8 Å². The van der Waals surface area contributed by atoms with E-state index in [0.717, 1.165) is 0 Å². The SMILES string of the molecule is COC(=O)c1ncn(CC(=O)Nc2ccc(N)cc2Br)n1. The summed E-state index contributed by atoms with van der Waals surface area (Å²) in [4.78, 5) is 26.8. The first kappa shape index (κ1) is 15.0. The smallest absolute Gasteiger partial charge is 0.377 e. The molecule has 0 aliphatic carbocycles. The van der Waals surface area contributed by atoms with E-state index in [1.54, 1.807) is 18.2 Å². The Kier molecular flexibility index (Phi) is 4.53. The number of carbonyl (C=O) groups is 2. The van der Waals surface area contributed by atoms with Gasteiger partial charge < -0.3 is 15.8 Å². The van der Waals surface area contributed by atoms with E-state index >= 15 is 0 Å². The van der Waals surface area contributed by atoms with Crippen molar-refractivity contribution in [2.75, 3.05) is 18.2 Å². The molecule has 0 aliphatic rings. The maximum Gasteiger partial charge on any atom is 0.377 e. The molecule has 21 heavy (non-hydrogen) atoms. The lowest BCUT2D eigenvalue weighted by molar-refractivity contribution is -0.116. The summed E-state index contributed by atoms with van der Waals surface area (Å²) in [6, 6.07) is 5.03. The monoisotopic (exact) mass is 353 g/mol. The third-order valence-corrected chi connectivity index (χ3v) is 3.13. The molecule has 2 rings (SSSR count). The van der Waals surface area contributed by atoms with Gasteiger partial charge in [-0.05, 0) is 34.1 Å². The molecule has 3 N–H and O–H groups in total. The highest BCUT2D eigenvalue weighted by Gasteiger charge is 2.13. The van der Waals surface area contributed by atoms with E-state index in [9.17, 15) is 9.59 Å². The third-order valence-electron chi connectivity index (χ3n) is 2.48. The molecule has 0 fully saturated rings. The number of hydrogen-bond acceptors (Lipinski definition) is 6. The number of nitrogens with two attached hydrogens (primary N) is 1. The summed E-state index contributed by atoms with van der Waals surface area (Å²) in [5.41, 5.74) is 6.79. The topological polar surface area (TPSA) is 112 Å². The molecule has 8 nitrogen and oxygen atoms in total. The average Bonchev–Trinajstić information content (AvgIpc) is 2.89. The van der Waals surface area contributed by atoms with Gasteiger partial charge in [0.1, 0.15) is 12.9 Å². The van der Waals surface area contributed by atoms with E-state index < -0.39 is 5.97 Å². The Morgan fingerprint density at radius 3 is 2.90 bits per heavy atom. The Labute approximate surface area is 128 Å². The molecular weight excluding hydrogens is 342 g/mol. The van der Waals surface area contributed by atoms with Gasteiger partial charge in [-0.25, -0.2) is 14.5 Å². The first-order chi connectivity index (χ1) is 9.99. The van der Waals surface area contributed by atoms with Crippen LogP contribution in [0, 0.1) is 0 Å². The number of methoxy groups -OCH3 is 1. The molecule has 0 aliphatic heterocycles. The molecule has 2 aromatic rings. The van der Waals surface area contributed by atoms with Crippen LogP contribution in [0.25, 0.3) is 0 Å². The average molecular weight is 354 g/mol. The molecule has 0 spiro atoms. The number of amides is 1. The minimum atomic E-state index is -0.657. The van der Waals surface area contributed by atoms with E-state index in [1.807, 2.05) is 0 Å². The Bertz CT molecular complexity index is 685. The van der Waals surface area contributed by atoms with Gasteiger partial charge in [-0.15, -0.1) is 5.10 Å². The number of hydrogen-bond donors (Lipinski definition) is 2. The van der Waals surface area contributed by atoms with Crippen LogP contribution in [0.3, 0.4) is 0 Å². The van der Waals surface area contributed by atoms with Crippen LogP contribution >= 0.6 is 15.9 Å². The van der Waals surface area contributed by atoms with E-state index in [2.05, 4.69) is 36.1 Å². The van der Waals surface area contributed by atoms with Crippen molar-refractivity contribution in [1.29, 1.82) is 0 Å². The second-order valence-corrected chi connectivity index (χ2v) is 4.90. The lowest BCUT2D eigenvalue weighted by Crippen LogP contribution is -2.19. The molecule has 1 heterocycles. The summed E-state index contributed by atoms with van der Waals surface area (Å²) in [7, 11) is 1.23. The molecule has 1 aromatic carbocycles. The summed E-state index contributed by atoms with van der Waals surface area (Å²) < 4.78 is 6.40. The second-order valence-electron chi connectivity index (χ2n) is 4.04. The summed E-state index contributed by atoms with van der Waals surface area (Å²) in [5, 5.41) is 6.53. The van der Waals surface area contributed by atoms with E-state index in [-0.39, 0.29) is 18.3 Å². The zero-order chi connectivity index (χ0) is 15.4. The fourth-order valence-electron chi connectivity index (χ4n) is 1.53. The largest absolute Gasteiger partial charge is 0.463 e. The van der Waals surface area contributed by atoms with Crippen LogP contribution in [0.15, 0.2) is 29.0 Å². The lowest BCUT2D eigenvalue weighted by Gasteiger charge is -2.07. The summed E-state index contributed by atoms with van der Waals surface area (Å²) in [5.74, 6) is -1.07. The van der Waals surface area contributed by atoms with Crippen LogP contribution in [0.5, 0.6) is 0 Å². The van der Waals surface area contributed by atoms with Crippen molar-refractivity contribution in [2.24, 2.45) is 0 Å². The molecular formula is C12H12BrN5O3. The zero-order valence-electron chi connectivity index (χ0n) is 11.0. The molecule has 1 amide bonds. The van der Waals surface area contributed by atoms with Crippen molar-refractivity contribution in [3.8, 4) is 0 Å². The van der Waals surface area contributed by atoms with Crippen LogP contribution in [0.1, 0.15) is 10.6 Å². The number of carbonyl (C=O) groups excluding carboxylic acids is 2. The first-order valence-electron chi connectivity index (χ1n) is 5.82. The van der Waals surface area contributed by atoms with Gasteiger partial charge in [0.2, 0.25) is 5.91 Å². The minimum absolute atomic E-state index is 0.0825. The Hall–Kier alpha value is -2.42. The zero-order valence-corrected chi connectivity index (χ0v) is 12.6. The number of rotatable bonds is 4.